The Bertz CT molecular complexity index is 843. The zero-order valence-electron chi connectivity index (χ0n) is 15.6. The number of likely N-dealkylation sites (N-methyl/N-ethyl adjacent to an activating group) is 1. The van der Waals surface area contributed by atoms with E-state index in [9.17, 15) is 14.4 Å². The van der Waals surface area contributed by atoms with Gasteiger partial charge in [-0.25, -0.2) is 0 Å². The molecule has 0 fully saturated rings. The lowest BCUT2D eigenvalue weighted by molar-refractivity contribution is -0.121. The van der Waals surface area contributed by atoms with Crippen molar-refractivity contribution in [3.8, 4) is 0 Å². The fourth-order valence-corrected chi connectivity index (χ4v) is 3.21. The molecule has 0 aromatic heterocycles. The number of hydrogen-bond acceptors (Lipinski definition) is 4. The van der Waals surface area contributed by atoms with Gasteiger partial charge < -0.3 is 10.2 Å². The summed E-state index contributed by atoms with van der Waals surface area (Å²) in [6, 6.07) is 14.8. The average Bonchev–Trinajstić information content (AvgIpc) is 2.90. The van der Waals surface area contributed by atoms with Gasteiger partial charge in [-0.2, -0.15) is 0 Å². The number of nitrogens with one attached hydrogen (secondary N) is 1. The molecule has 27 heavy (non-hydrogen) atoms. The molecule has 0 radical (unpaired) electrons. The summed E-state index contributed by atoms with van der Waals surface area (Å²) in [6.07, 6.45) is 0. The molecule has 6 heteroatoms. The Hall–Kier alpha value is -3.15. The molecule has 0 saturated heterocycles. The molecular weight excluding hydrogens is 342 g/mol. The molecular formula is C21H23N3O3. The van der Waals surface area contributed by atoms with Crippen molar-refractivity contribution >= 4 is 23.4 Å². The number of nitrogens with zero attached hydrogens (tertiary/aromatic N) is 2. The Morgan fingerprint density at radius 1 is 1.04 bits per heavy atom. The highest BCUT2D eigenvalue weighted by Gasteiger charge is 2.36. The summed E-state index contributed by atoms with van der Waals surface area (Å²) in [4.78, 5) is 40.0. The van der Waals surface area contributed by atoms with Crippen LogP contribution in [-0.2, 0) is 4.79 Å². The first kappa shape index (κ1) is 18.6. The fraction of sp³-hybridized carbons (Fsp3) is 0.286. The van der Waals surface area contributed by atoms with E-state index in [1.165, 1.54) is 5.56 Å². The van der Waals surface area contributed by atoms with Crippen LogP contribution in [0.25, 0.3) is 0 Å². The highest BCUT2D eigenvalue weighted by Crippen LogP contribution is 2.21. The first-order valence-electron chi connectivity index (χ1n) is 9.04. The Morgan fingerprint density at radius 3 is 2.30 bits per heavy atom. The molecule has 3 amide bonds. The van der Waals surface area contributed by atoms with Crippen LogP contribution in [0.3, 0.4) is 0 Å². The summed E-state index contributed by atoms with van der Waals surface area (Å²) in [5, 5.41) is 2.80. The van der Waals surface area contributed by atoms with Gasteiger partial charge in [-0.1, -0.05) is 24.3 Å². The Balaban J connectivity index is 1.53. The van der Waals surface area contributed by atoms with Gasteiger partial charge >= 0.3 is 0 Å². The number of aryl methyl sites for hydroxylation is 1. The van der Waals surface area contributed by atoms with Gasteiger partial charge in [0.1, 0.15) is 6.54 Å². The van der Waals surface area contributed by atoms with Crippen LogP contribution in [-0.4, -0.2) is 48.8 Å². The standard InChI is InChI=1S/C21H23N3O3/c1-3-23(16-8-6-7-15(2)13-16)12-11-22-19(25)14-24-20(26)17-9-4-5-10-18(17)21(24)27/h4-10,13H,3,11-12,14H2,1-2H3,(H,22,25). The zero-order valence-corrected chi connectivity index (χ0v) is 15.6. The van der Waals surface area contributed by atoms with Crippen LogP contribution in [0.15, 0.2) is 48.5 Å². The number of benzene rings is 2. The number of amides is 3. The molecule has 2 aromatic carbocycles. The number of carbonyl (C=O) groups is 3. The van der Waals surface area contributed by atoms with Crippen LogP contribution in [0.2, 0.25) is 0 Å². The van der Waals surface area contributed by atoms with E-state index in [-0.39, 0.29) is 12.5 Å². The number of anilines is 1. The minimum Gasteiger partial charge on any atom is -0.370 e. The molecule has 1 aliphatic heterocycles. The maximum absolute atomic E-state index is 12.3. The monoisotopic (exact) mass is 365 g/mol. The summed E-state index contributed by atoms with van der Waals surface area (Å²) in [5.74, 6) is -1.17. The largest absolute Gasteiger partial charge is 0.370 e. The van der Waals surface area contributed by atoms with E-state index >= 15 is 0 Å². The third-order valence-corrected chi connectivity index (χ3v) is 4.63. The van der Waals surface area contributed by atoms with E-state index in [0.717, 1.165) is 17.1 Å². The van der Waals surface area contributed by atoms with E-state index < -0.39 is 11.8 Å². The van der Waals surface area contributed by atoms with Gasteiger partial charge in [0.2, 0.25) is 5.91 Å². The Kier molecular flexibility index (Phi) is 5.54. The number of carbonyl (C=O) groups excluding carboxylic acids is 3. The SMILES string of the molecule is CCN(CCNC(=O)CN1C(=O)c2ccccc2C1=O)c1cccc(C)c1. The van der Waals surface area contributed by atoms with Gasteiger partial charge in [0, 0.05) is 25.3 Å². The van der Waals surface area contributed by atoms with Crippen molar-refractivity contribution in [1.29, 1.82) is 0 Å². The fourth-order valence-electron chi connectivity index (χ4n) is 3.21. The normalized spacial score (nSPS) is 12.9. The predicted octanol–water partition coefficient (Wildman–Crippen LogP) is 2.23. The van der Waals surface area contributed by atoms with Crippen LogP contribution in [0, 0.1) is 6.92 Å². The van der Waals surface area contributed by atoms with Crippen LogP contribution in [0.4, 0.5) is 5.69 Å². The van der Waals surface area contributed by atoms with Crippen molar-refractivity contribution in [3.05, 3.63) is 65.2 Å². The smallest absolute Gasteiger partial charge is 0.262 e. The van der Waals surface area contributed by atoms with Gasteiger partial charge in [0.15, 0.2) is 0 Å². The Morgan fingerprint density at radius 2 is 1.70 bits per heavy atom. The van der Waals surface area contributed by atoms with Gasteiger partial charge in [-0.3, -0.25) is 19.3 Å². The maximum atomic E-state index is 12.3. The first-order chi connectivity index (χ1) is 13.0. The zero-order chi connectivity index (χ0) is 19.4. The minimum atomic E-state index is -0.416. The average molecular weight is 365 g/mol. The lowest BCUT2D eigenvalue weighted by Crippen LogP contribution is -2.42. The highest BCUT2D eigenvalue weighted by molar-refractivity contribution is 6.22. The topological polar surface area (TPSA) is 69.7 Å². The summed E-state index contributed by atoms with van der Waals surface area (Å²) in [7, 11) is 0. The predicted molar refractivity (Wildman–Crippen MR) is 104 cm³/mol. The number of imide groups is 1. The van der Waals surface area contributed by atoms with Crippen molar-refractivity contribution in [2.75, 3.05) is 31.1 Å². The summed E-state index contributed by atoms with van der Waals surface area (Å²) in [5.41, 5.74) is 2.99. The van der Waals surface area contributed by atoms with E-state index in [0.29, 0.717) is 24.2 Å². The highest BCUT2D eigenvalue weighted by atomic mass is 16.2. The number of rotatable bonds is 7. The van der Waals surface area contributed by atoms with Crippen molar-refractivity contribution in [3.63, 3.8) is 0 Å². The summed E-state index contributed by atoms with van der Waals surface area (Å²) >= 11 is 0. The van der Waals surface area contributed by atoms with Gasteiger partial charge in [-0.05, 0) is 43.7 Å². The van der Waals surface area contributed by atoms with Crippen LogP contribution in [0.1, 0.15) is 33.2 Å². The molecule has 0 unspecified atom stereocenters. The molecule has 1 N–H and O–H groups in total. The number of hydrogen-bond donors (Lipinski definition) is 1. The molecule has 6 nitrogen and oxygen atoms in total. The van der Waals surface area contributed by atoms with Gasteiger partial charge in [0.05, 0.1) is 11.1 Å². The van der Waals surface area contributed by atoms with Crippen molar-refractivity contribution < 1.29 is 14.4 Å². The van der Waals surface area contributed by atoms with E-state index in [1.54, 1.807) is 24.3 Å². The van der Waals surface area contributed by atoms with Crippen LogP contribution in [0.5, 0.6) is 0 Å². The maximum Gasteiger partial charge on any atom is 0.262 e. The van der Waals surface area contributed by atoms with Gasteiger partial charge in [-0.15, -0.1) is 0 Å². The van der Waals surface area contributed by atoms with Crippen molar-refractivity contribution in [2.24, 2.45) is 0 Å². The quantitative estimate of drug-likeness (QED) is 0.764. The van der Waals surface area contributed by atoms with Crippen molar-refractivity contribution in [2.45, 2.75) is 13.8 Å². The first-order valence-corrected chi connectivity index (χ1v) is 9.04. The molecule has 0 bridgehead atoms. The molecule has 1 aliphatic rings. The lowest BCUT2D eigenvalue weighted by Gasteiger charge is -2.24. The molecule has 0 saturated carbocycles. The third kappa shape index (κ3) is 4.00. The third-order valence-electron chi connectivity index (χ3n) is 4.63. The minimum absolute atomic E-state index is 0.261. The molecule has 0 aliphatic carbocycles. The lowest BCUT2D eigenvalue weighted by atomic mass is 10.1. The van der Waals surface area contributed by atoms with E-state index in [2.05, 4.69) is 23.2 Å². The molecule has 0 spiro atoms. The summed E-state index contributed by atoms with van der Waals surface area (Å²) < 4.78 is 0. The van der Waals surface area contributed by atoms with E-state index in [1.807, 2.05) is 25.1 Å². The second-order valence-corrected chi connectivity index (χ2v) is 6.51. The van der Waals surface area contributed by atoms with Crippen molar-refractivity contribution in [1.82, 2.24) is 10.2 Å². The number of fused-ring (bicyclic) bond motifs is 1. The molecule has 1 heterocycles. The van der Waals surface area contributed by atoms with Crippen LogP contribution >= 0.6 is 0 Å². The summed E-state index contributed by atoms with van der Waals surface area (Å²) in [6.45, 7) is 5.74. The second kappa shape index (κ2) is 8.03. The Labute approximate surface area is 158 Å². The molecule has 140 valence electrons. The van der Waals surface area contributed by atoms with E-state index in [4.69, 9.17) is 0 Å². The van der Waals surface area contributed by atoms with Crippen LogP contribution < -0.4 is 10.2 Å². The molecule has 2 aromatic rings. The second-order valence-electron chi connectivity index (χ2n) is 6.51. The molecule has 3 rings (SSSR count). The van der Waals surface area contributed by atoms with Gasteiger partial charge in [0.25, 0.3) is 11.8 Å². The molecule has 0 atom stereocenters.